The van der Waals surface area contributed by atoms with Gasteiger partial charge in [-0.3, -0.25) is 4.79 Å². The number of fused-ring (bicyclic) bond motifs is 1. The molecule has 3 rings (SSSR count). The first-order valence-electron chi connectivity index (χ1n) is 6.86. The highest BCUT2D eigenvalue weighted by molar-refractivity contribution is 7.90. The lowest BCUT2D eigenvalue weighted by molar-refractivity contribution is -0.121. The van der Waals surface area contributed by atoms with Crippen LogP contribution in [0.4, 0.5) is 0 Å². The molecular weight excluding hydrogens is 288 g/mol. The van der Waals surface area contributed by atoms with Crippen molar-refractivity contribution >= 4 is 26.7 Å². The molecule has 1 unspecified atom stereocenters. The summed E-state index contributed by atoms with van der Waals surface area (Å²) in [6.45, 7) is 0.742. The van der Waals surface area contributed by atoms with Gasteiger partial charge in [0.05, 0.1) is 10.9 Å². The van der Waals surface area contributed by atoms with Crippen LogP contribution in [0.3, 0.4) is 0 Å². The molecule has 1 aliphatic rings. The smallest absolute Gasteiger partial charge is 0.264 e. The number of hydrogen-bond donors (Lipinski definition) is 2. The van der Waals surface area contributed by atoms with Gasteiger partial charge in [-0.1, -0.05) is 36.4 Å². The van der Waals surface area contributed by atoms with E-state index in [0.717, 1.165) is 18.4 Å². The van der Waals surface area contributed by atoms with Crippen LogP contribution in [0.5, 0.6) is 0 Å². The van der Waals surface area contributed by atoms with Gasteiger partial charge in [0.15, 0.2) is 0 Å². The molecule has 1 atom stereocenters. The van der Waals surface area contributed by atoms with E-state index in [9.17, 15) is 13.2 Å². The molecule has 0 aliphatic carbocycles. The Morgan fingerprint density at radius 2 is 1.90 bits per heavy atom. The molecule has 0 aromatic heterocycles. The topological polar surface area (TPSA) is 75.3 Å². The van der Waals surface area contributed by atoms with Crippen molar-refractivity contribution in [2.75, 3.05) is 6.54 Å². The Morgan fingerprint density at radius 3 is 2.67 bits per heavy atom. The van der Waals surface area contributed by atoms with Gasteiger partial charge < -0.3 is 5.32 Å². The van der Waals surface area contributed by atoms with Gasteiger partial charge >= 0.3 is 0 Å². The number of amides is 1. The van der Waals surface area contributed by atoms with Crippen LogP contribution in [-0.4, -0.2) is 26.9 Å². The Hall–Kier alpha value is -1.92. The number of benzene rings is 2. The summed E-state index contributed by atoms with van der Waals surface area (Å²) >= 11 is 0. The van der Waals surface area contributed by atoms with Gasteiger partial charge in [-0.2, -0.15) is 0 Å². The molecule has 1 aliphatic heterocycles. The van der Waals surface area contributed by atoms with Crippen molar-refractivity contribution in [1.29, 1.82) is 0 Å². The monoisotopic (exact) mass is 304 g/mol. The maximum atomic E-state index is 12.5. The summed E-state index contributed by atoms with van der Waals surface area (Å²) in [5, 5.41) is 4.43. The molecule has 1 amide bonds. The van der Waals surface area contributed by atoms with Crippen LogP contribution in [0.15, 0.2) is 47.4 Å². The average molecular weight is 304 g/mol. The lowest BCUT2D eigenvalue weighted by Crippen LogP contribution is -2.43. The highest BCUT2D eigenvalue weighted by Gasteiger charge is 2.27. The van der Waals surface area contributed by atoms with Gasteiger partial charge in [0.1, 0.15) is 0 Å². The molecule has 2 aromatic rings. The zero-order valence-corrected chi connectivity index (χ0v) is 12.2. The normalized spacial score (nSPS) is 18.8. The summed E-state index contributed by atoms with van der Waals surface area (Å²) in [5.41, 5.74) is 0. The van der Waals surface area contributed by atoms with Crippen LogP contribution < -0.4 is 10.0 Å². The van der Waals surface area contributed by atoms with E-state index in [1.165, 1.54) is 6.07 Å². The van der Waals surface area contributed by atoms with Crippen LogP contribution in [0.1, 0.15) is 12.8 Å². The SMILES string of the molecule is O=C(NS(=O)(=O)c1cccc2ccccc12)C1CCCN1. The first-order chi connectivity index (χ1) is 10.1. The van der Waals surface area contributed by atoms with Crippen LogP contribution in [0.2, 0.25) is 0 Å². The molecule has 0 spiro atoms. The number of carbonyl (C=O) groups excluding carboxylic acids is 1. The fourth-order valence-electron chi connectivity index (χ4n) is 2.60. The molecule has 6 heteroatoms. The molecule has 0 radical (unpaired) electrons. The molecule has 2 aromatic carbocycles. The number of rotatable bonds is 3. The summed E-state index contributed by atoms with van der Waals surface area (Å²) < 4.78 is 27.1. The van der Waals surface area contributed by atoms with Crippen molar-refractivity contribution < 1.29 is 13.2 Å². The fraction of sp³-hybridized carbons (Fsp3) is 0.267. The molecule has 110 valence electrons. The lowest BCUT2D eigenvalue weighted by atomic mass is 10.1. The number of hydrogen-bond acceptors (Lipinski definition) is 4. The van der Waals surface area contributed by atoms with E-state index in [2.05, 4.69) is 10.0 Å². The summed E-state index contributed by atoms with van der Waals surface area (Å²) in [7, 11) is -3.86. The molecule has 2 N–H and O–H groups in total. The second kappa shape index (κ2) is 5.46. The highest BCUT2D eigenvalue weighted by Crippen LogP contribution is 2.22. The standard InChI is InChI=1S/C15H16N2O3S/c18-15(13-8-4-10-16-13)17-21(19,20)14-9-3-6-11-5-1-2-7-12(11)14/h1-3,5-7,9,13,16H,4,8,10H2,(H,17,18). The van der Waals surface area contributed by atoms with Crippen LogP contribution in [-0.2, 0) is 14.8 Å². The zero-order valence-electron chi connectivity index (χ0n) is 11.4. The van der Waals surface area contributed by atoms with E-state index in [0.29, 0.717) is 11.8 Å². The molecule has 1 saturated heterocycles. The molecule has 0 saturated carbocycles. The first-order valence-corrected chi connectivity index (χ1v) is 8.34. The minimum absolute atomic E-state index is 0.131. The Kier molecular flexibility index (Phi) is 3.65. The molecule has 1 fully saturated rings. The minimum Gasteiger partial charge on any atom is -0.306 e. The van der Waals surface area contributed by atoms with Gasteiger partial charge in [0.2, 0.25) is 0 Å². The van der Waals surface area contributed by atoms with Gasteiger partial charge in [0, 0.05) is 5.39 Å². The van der Waals surface area contributed by atoms with Crippen LogP contribution in [0, 0.1) is 0 Å². The van der Waals surface area contributed by atoms with E-state index in [4.69, 9.17) is 0 Å². The van der Waals surface area contributed by atoms with E-state index < -0.39 is 22.0 Å². The second-order valence-corrected chi connectivity index (χ2v) is 6.75. The fourth-order valence-corrected chi connectivity index (χ4v) is 3.85. The van der Waals surface area contributed by atoms with Crippen LogP contribution >= 0.6 is 0 Å². The first kappa shape index (κ1) is 14.0. The molecule has 5 nitrogen and oxygen atoms in total. The molecule has 1 heterocycles. The highest BCUT2D eigenvalue weighted by atomic mass is 32.2. The zero-order chi connectivity index (χ0) is 14.9. The number of nitrogens with one attached hydrogen (secondary N) is 2. The third kappa shape index (κ3) is 2.77. The van der Waals surface area contributed by atoms with Gasteiger partial charge in [0.25, 0.3) is 15.9 Å². The number of sulfonamides is 1. The summed E-state index contributed by atoms with van der Waals surface area (Å²) in [6.07, 6.45) is 1.54. The van der Waals surface area contributed by atoms with E-state index in [1.54, 1.807) is 18.2 Å². The average Bonchev–Trinajstić information content (AvgIpc) is 3.00. The molecular formula is C15H16N2O3S. The molecule has 0 bridgehead atoms. The minimum atomic E-state index is -3.86. The van der Waals surface area contributed by atoms with Gasteiger partial charge in [-0.15, -0.1) is 0 Å². The predicted molar refractivity (Wildman–Crippen MR) is 80.3 cm³/mol. The number of carbonyl (C=O) groups is 1. The van der Waals surface area contributed by atoms with Crippen molar-refractivity contribution in [2.45, 2.75) is 23.8 Å². The summed E-state index contributed by atoms with van der Waals surface area (Å²) in [4.78, 5) is 12.1. The van der Waals surface area contributed by atoms with Crippen molar-refractivity contribution in [3.8, 4) is 0 Å². The Balaban J connectivity index is 1.95. The van der Waals surface area contributed by atoms with E-state index in [-0.39, 0.29) is 4.90 Å². The maximum Gasteiger partial charge on any atom is 0.264 e. The largest absolute Gasteiger partial charge is 0.306 e. The van der Waals surface area contributed by atoms with Gasteiger partial charge in [-0.05, 0) is 30.8 Å². The van der Waals surface area contributed by atoms with Crippen molar-refractivity contribution in [1.82, 2.24) is 10.0 Å². The van der Waals surface area contributed by atoms with Crippen molar-refractivity contribution in [3.05, 3.63) is 42.5 Å². The quantitative estimate of drug-likeness (QED) is 0.899. The second-order valence-electron chi connectivity index (χ2n) is 5.10. The predicted octanol–water partition coefficient (Wildman–Crippen LogP) is 1.40. The Morgan fingerprint density at radius 1 is 1.14 bits per heavy atom. The summed E-state index contributed by atoms with van der Waals surface area (Å²) in [6, 6.07) is 11.8. The summed E-state index contributed by atoms with van der Waals surface area (Å²) in [5.74, 6) is -0.486. The maximum absolute atomic E-state index is 12.5. The van der Waals surface area contributed by atoms with Gasteiger partial charge in [-0.25, -0.2) is 13.1 Å². The lowest BCUT2D eigenvalue weighted by Gasteiger charge is -2.13. The van der Waals surface area contributed by atoms with E-state index >= 15 is 0 Å². The Bertz CT molecular complexity index is 775. The third-order valence-corrected chi connectivity index (χ3v) is 5.06. The van der Waals surface area contributed by atoms with Crippen LogP contribution in [0.25, 0.3) is 10.8 Å². The molecule has 21 heavy (non-hydrogen) atoms. The Labute approximate surface area is 123 Å². The third-order valence-electron chi connectivity index (χ3n) is 3.65. The van der Waals surface area contributed by atoms with E-state index in [1.807, 2.05) is 18.2 Å². The van der Waals surface area contributed by atoms with Crippen molar-refractivity contribution in [2.24, 2.45) is 0 Å². The van der Waals surface area contributed by atoms with Crippen molar-refractivity contribution in [3.63, 3.8) is 0 Å².